The van der Waals surface area contributed by atoms with Gasteiger partial charge in [0.25, 0.3) is 0 Å². The van der Waals surface area contributed by atoms with Crippen molar-refractivity contribution in [2.45, 2.75) is 33.1 Å². The molecule has 0 aliphatic heterocycles. The highest BCUT2D eigenvalue weighted by Gasteiger charge is 2.18. The van der Waals surface area contributed by atoms with Gasteiger partial charge < -0.3 is 5.73 Å². The monoisotopic (exact) mass is 239 g/mol. The summed E-state index contributed by atoms with van der Waals surface area (Å²) in [6.07, 6.45) is 3.40. The normalized spacial score (nSPS) is 13.1. The summed E-state index contributed by atoms with van der Waals surface area (Å²) in [7, 11) is 0. The third kappa shape index (κ3) is 3.50. The molecule has 2 N–H and O–H groups in total. The second-order valence-corrected chi connectivity index (χ2v) is 4.78. The molecule has 0 spiro atoms. The van der Waals surface area contributed by atoms with Crippen molar-refractivity contribution in [1.82, 2.24) is 0 Å². The first-order chi connectivity index (χ1) is 7.72. The average molecular weight is 240 g/mol. The van der Waals surface area contributed by atoms with E-state index in [0.717, 1.165) is 18.0 Å². The van der Waals surface area contributed by atoms with Crippen molar-refractivity contribution in [1.29, 1.82) is 0 Å². The zero-order valence-electron chi connectivity index (χ0n) is 10.2. The Bertz CT molecular complexity index is 307. The van der Waals surface area contributed by atoms with Crippen molar-refractivity contribution >= 4 is 11.6 Å². The summed E-state index contributed by atoms with van der Waals surface area (Å²) in [6.45, 7) is 5.23. The highest BCUT2D eigenvalue weighted by Crippen LogP contribution is 2.25. The molecule has 1 atom stereocenters. The minimum absolute atomic E-state index is 0.551. The molecule has 90 valence electrons. The lowest BCUT2D eigenvalue weighted by Gasteiger charge is -2.24. The highest BCUT2D eigenvalue weighted by atomic mass is 35.5. The van der Waals surface area contributed by atoms with Gasteiger partial charge in [-0.15, -0.1) is 0 Å². The molecule has 0 saturated carbocycles. The van der Waals surface area contributed by atoms with Gasteiger partial charge in [-0.2, -0.15) is 0 Å². The standard InChI is InChI=1S/C14H22ClN/c1-3-11(4-2)13(10-16)9-12-7-5-6-8-14(12)15/h5-8,11,13H,3-4,9-10,16H2,1-2H3. The van der Waals surface area contributed by atoms with Gasteiger partial charge in [-0.05, 0) is 36.4 Å². The molecular formula is C14H22ClN. The summed E-state index contributed by atoms with van der Waals surface area (Å²) in [5, 5.41) is 0.868. The van der Waals surface area contributed by atoms with Crippen molar-refractivity contribution in [3.8, 4) is 0 Å². The maximum Gasteiger partial charge on any atom is 0.0438 e. The van der Waals surface area contributed by atoms with Gasteiger partial charge in [0.2, 0.25) is 0 Å². The molecule has 1 aromatic rings. The predicted octanol–water partition coefficient (Wildman–Crippen LogP) is 3.89. The second-order valence-electron chi connectivity index (χ2n) is 4.37. The summed E-state index contributed by atoms with van der Waals surface area (Å²) in [4.78, 5) is 0. The molecule has 16 heavy (non-hydrogen) atoms. The van der Waals surface area contributed by atoms with E-state index in [1.165, 1.54) is 18.4 Å². The minimum Gasteiger partial charge on any atom is -0.330 e. The molecular weight excluding hydrogens is 218 g/mol. The van der Waals surface area contributed by atoms with Gasteiger partial charge in [-0.3, -0.25) is 0 Å². The van der Waals surface area contributed by atoms with Crippen LogP contribution in [0.25, 0.3) is 0 Å². The molecule has 0 aliphatic rings. The first-order valence-corrected chi connectivity index (χ1v) is 6.54. The van der Waals surface area contributed by atoms with Gasteiger partial charge in [-0.1, -0.05) is 56.5 Å². The third-order valence-corrected chi connectivity index (χ3v) is 3.83. The van der Waals surface area contributed by atoms with Gasteiger partial charge in [0, 0.05) is 5.02 Å². The van der Waals surface area contributed by atoms with Crippen LogP contribution in [0.4, 0.5) is 0 Å². The van der Waals surface area contributed by atoms with E-state index in [0.29, 0.717) is 11.8 Å². The largest absolute Gasteiger partial charge is 0.330 e. The van der Waals surface area contributed by atoms with E-state index in [9.17, 15) is 0 Å². The van der Waals surface area contributed by atoms with Gasteiger partial charge in [0.1, 0.15) is 0 Å². The SMILES string of the molecule is CCC(CC)C(CN)Cc1ccccc1Cl. The quantitative estimate of drug-likeness (QED) is 0.801. The molecule has 1 aromatic carbocycles. The van der Waals surface area contributed by atoms with Crippen LogP contribution in [0.5, 0.6) is 0 Å². The van der Waals surface area contributed by atoms with Gasteiger partial charge in [0.15, 0.2) is 0 Å². The molecule has 1 nitrogen and oxygen atoms in total. The Balaban J connectivity index is 2.73. The average Bonchev–Trinajstić information content (AvgIpc) is 2.31. The van der Waals surface area contributed by atoms with Crippen LogP contribution >= 0.6 is 11.6 Å². The lowest BCUT2D eigenvalue weighted by atomic mass is 9.83. The molecule has 0 fully saturated rings. The fraction of sp³-hybridized carbons (Fsp3) is 0.571. The summed E-state index contributed by atoms with van der Waals surface area (Å²) >= 11 is 6.18. The van der Waals surface area contributed by atoms with E-state index in [4.69, 9.17) is 17.3 Å². The number of rotatable bonds is 6. The van der Waals surface area contributed by atoms with E-state index in [2.05, 4.69) is 19.9 Å². The van der Waals surface area contributed by atoms with Crippen LogP contribution in [0.3, 0.4) is 0 Å². The van der Waals surface area contributed by atoms with Crippen LogP contribution in [-0.4, -0.2) is 6.54 Å². The topological polar surface area (TPSA) is 26.0 Å². The van der Waals surface area contributed by atoms with Gasteiger partial charge in [0.05, 0.1) is 0 Å². The minimum atomic E-state index is 0.551. The zero-order chi connectivity index (χ0) is 12.0. The van der Waals surface area contributed by atoms with E-state index >= 15 is 0 Å². The number of nitrogens with two attached hydrogens (primary N) is 1. The van der Waals surface area contributed by atoms with Crippen LogP contribution < -0.4 is 5.73 Å². The number of hydrogen-bond acceptors (Lipinski definition) is 1. The smallest absolute Gasteiger partial charge is 0.0438 e. The molecule has 0 heterocycles. The Hall–Kier alpha value is -0.530. The third-order valence-electron chi connectivity index (χ3n) is 3.46. The Kier molecular flexibility index (Phi) is 5.86. The van der Waals surface area contributed by atoms with Crippen LogP contribution in [0.1, 0.15) is 32.3 Å². The number of hydrogen-bond donors (Lipinski definition) is 1. The molecule has 1 rings (SSSR count). The fourth-order valence-corrected chi connectivity index (χ4v) is 2.56. The lowest BCUT2D eigenvalue weighted by Crippen LogP contribution is -2.25. The second kappa shape index (κ2) is 6.93. The van der Waals surface area contributed by atoms with Crippen LogP contribution in [0, 0.1) is 11.8 Å². The highest BCUT2D eigenvalue weighted by molar-refractivity contribution is 6.31. The van der Waals surface area contributed by atoms with Gasteiger partial charge >= 0.3 is 0 Å². The Morgan fingerprint density at radius 3 is 2.25 bits per heavy atom. The van der Waals surface area contributed by atoms with E-state index in [-0.39, 0.29) is 0 Å². The number of benzene rings is 1. The summed E-state index contributed by atoms with van der Waals surface area (Å²) in [5.74, 6) is 1.26. The van der Waals surface area contributed by atoms with Crippen molar-refractivity contribution < 1.29 is 0 Å². The molecule has 1 unspecified atom stereocenters. The van der Waals surface area contributed by atoms with Crippen LogP contribution in [-0.2, 0) is 6.42 Å². The van der Waals surface area contributed by atoms with Crippen molar-refractivity contribution in [2.24, 2.45) is 17.6 Å². The molecule has 0 aliphatic carbocycles. The van der Waals surface area contributed by atoms with Crippen molar-refractivity contribution in [3.05, 3.63) is 34.9 Å². The fourth-order valence-electron chi connectivity index (χ4n) is 2.34. The molecule has 0 aromatic heterocycles. The Morgan fingerprint density at radius 2 is 1.75 bits per heavy atom. The Labute approximate surface area is 104 Å². The molecule has 0 amide bonds. The van der Waals surface area contributed by atoms with E-state index in [1.807, 2.05) is 18.2 Å². The predicted molar refractivity (Wildman–Crippen MR) is 71.8 cm³/mol. The summed E-state index contributed by atoms with van der Waals surface area (Å²) in [6, 6.07) is 8.08. The first kappa shape index (κ1) is 13.5. The van der Waals surface area contributed by atoms with Crippen molar-refractivity contribution in [3.63, 3.8) is 0 Å². The number of halogens is 1. The Morgan fingerprint density at radius 1 is 1.12 bits per heavy atom. The summed E-state index contributed by atoms with van der Waals surface area (Å²) in [5.41, 5.74) is 7.11. The molecule has 0 radical (unpaired) electrons. The molecule has 0 bridgehead atoms. The molecule has 2 heteroatoms. The van der Waals surface area contributed by atoms with Crippen LogP contribution in [0.2, 0.25) is 5.02 Å². The summed E-state index contributed by atoms with van der Waals surface area (Å²) < 4.78 is 0. The molecule has 0 saturated heterocycles. The van der Waals surface area contributed by atoms with Crippen LogP contribution in [0.15, 0.2) is 24.3 Å². The maximum absolute atomic E-state index is 6.18. The van der Waals surface area contributed by atoms with Crippen molar-refractivity contribution in [2.75, 3.05) is 6.54 Å². The first-order valence-electron chi connectivity index (χ1n) is 6.16. The van der Waals surface area contributed by atoms with Gasteiger partial charge in [-0.25, -0.2) is 0 Å². The lowest BCUT2D eigenvalue weighted by molar-refractivity contribution is 0.318. The zero-order valence-corrected chi connectivity index (χ0v) is 11.0. The maximum atomic E-state index is 6.18. The van der Waals surface area contributed by atoms with E-state index < -0.39 is 0 Å². The van der Waals surface area contributed by atoms with E-state index in [1.54, 1.807) is 0 Å².